The lowest BCUT2D eigenvalue weighted by molar-refractivity contribution is 1.62. The fourth-order valence-corrected chi connectivity index (χ4v) is 8.34. The average molecular weight is 691 g/mol. The largest absolute Gasteiger partial charge is 0.0629 e. The van der Waals surface area contributed by atoms with E-state index in [9.17, 15) is 5.48 Å². The van der Waals surface area contributed by atoms with Crippen molar-refractivity contribution in [2.45, 2.75) is 0 Å². The lowest BCUT2D eigenvalue weighted by Gasteiger charge is -2.18. The summed E-state index contributed by atoms with van der Waals surface area (Å²) < 4.78 is 73.3. The van der Waals surface area contributed by atoms with Gasteiger partial charge < -0.3 is 0 Å². The van der Waals surface area contributed by atoms with Crippen molar-refractivity contribution in [2.24, 2.45) is 0 Å². The SMILES string of the molecule is [2H]c1c([2H])c([2H])c2c(-c3cccc(-c4ccc5c6ccccc6c6ccccc6c5c4)c3)c3c([2H])c([2H])c([2H])c([2H])c3c(-c3ccc(-c4ccc5ccccc5c4)cc3)c2c1[2H]. The molecule has 0 unspecified atom stereocenters. The number of fused-ring (bicyclic) bond motifs is 9. The Morgan fingerprint density at radius 1 is 0.241 bits per heavy atom. The fraction of sp³-hybridized carbons (Fsp3) is 0. The van der Waals surface area contributed by atoms with Gasteiger partial charge in [0.15, 0.2) is 0 Å². The molecule has 0 aliphatic carbocycles. The van der Waals surface area contributed by atoms with E-state index >= 15 is 0 Å². The molecule has 250 valence electrons. The van der Waals surface area contributed by atoms with Gasteiger partial charge in [-0.3, -0.25) is 0 Å². The lowest BCUT2D eigenvalue weighted by Crippen LogP contribution is -1.91. The molecule has 0 aliphatic rings. The molecule has 0 spiro atoms. The van der Waals surface area contributed by atoms with Crippen LogP contribution < -0.4 is 0 Å². The van der Waals surface area contributed by atoms with Crippen LogP contribution in [0.3, 0.4) is 0 Å². The van der Waals surface area contributed by atoms with Gasteiger partial charge >= 0.3 is 0 Å². The van der Waals surface area contributed by atoms with Crippen LogP contribution in [0, 0.1) is 0 Å². The van der Waals surface area contributed by atoms with Gasteiger partial charge in [-0.1, -0.05) is 188 Å². The second-order valence-electron chi connectivity index (χ2n) is 13.8. The first-order valence-electron chi connectivity index (χ1n) is 22.1. The Morgan fingerprint density at radius 3 is 1.30 bits per heavy atom. The molecule has 0 radical (unpaired) electrons. The molecule has 0 heteroatoms. The third kappa shape index (κ3) is 4.85. The molecule has 11 aromatic rings. The van der Waals surface area contributed by atoms with Crippen LogP contribution in [0.5, 0.6) is 0 Å². The molecule has 11 rings (SSSR count). The van der Waals surface area contributed by atoms with Gasteiger partial charge in [-0.2, -0.15) is 0 Å². The van der Waals surface area contributed by atoms with Gasteiger partial charge in [0.05, 0.1) is 11.0 Å². The molecule has 54 heavy (non-hydrogen) atoms. The maximum atomic E-state index is 9.45. The summed E-state index contributed by atoms with van der Waals surface area (Å²) in [5.41, 5.74) is 5.48. The minimum Gasteiger partial charge on any atom is -0.0616 e. The van der Waals surface area contributed by atoms with Gasteiger partial charge in [0.2, 0.25) is 0 Å². The summed E-state index contributed by atoms with van der Waals surface area (Å²) in [6.45, 7) is 0. The van der Waals surface area contributed by atoms with E-state index in [2.05, 4.69) is 91.0 Å². The molecule has 0 fully saturated rings. The Bertz CT molecular complexity index is 3610. The highest BCUT2D eigenvalue weighted by Gasteiger charge is 2.17. The van der Waals surface area contributed by atoms with Crippen molar-refractivity contribution in [3.05, 3.63) is 206 Å². The molecule has 0 aliphatic heterocycles. The Morgan fingerprint density at radius 2 is 0.667 bits per heavy atom. The van der Waals surface area contributed by atoms with E-state index in [0.717, 1.165) is 60.0 Å². The molecule has 0 atom stereocenters. The van der Waals surface area contributed by atoms with Crippen molar-refractivity contribution in [1.29, 1.82) is 0 Å². The van der Waals surface area contributed by atoms with Gasteiger partial charge in [0.1, 0.15) is 0 Å². The summed E-state index contributed by atoms with van der Waals surface area (Å²) >= 11 is 0. The normalized spacial score (nSPS) is 13.8. The smallest absolute Gasteiger partial charge is 0.0616 e. The van der Waals surface area contributed by atoms with Gasteiger partial charge in [-0.25, -0.2) is 0 Å². The van der Waals surface area contributed by atoms with E-state index in [4.69, 9.17) is 5.48 Å². The van der Waals surface area contributed by atoms with E-state index in [-0.39, 0.29) is 45.7 Å². The molecule has 0 saturated carbocycles. The number of hydrogen-bond donors (Lipinski definition) is 0. The van der Waals surface area contributed by atoms with Crippen molar-refractivity contribution in [3.63, 3.8) is 0 Å². The van der Waals surface area contributed by atoms with Gasteiger partial charge in [0, 0.05) is 0 Å². The number of hydrogen-bond acceptors (Lipinski definition) is 0. The van der Waals surface area contributed by atoms with Crippen molar-refractivity contribution < 1.29 is 11.0 Å². The summed E-state index contributed by atoms with van der Waals surface area (Å²) in [5, 5.41) is 9.84. The second-order valence-corrected chi connectivity index (χ2v) is 13.8. The average Bonchev–Trinajstić information content (AvgIpc) is 3.32. The van der Waals surface area contributed by atoms with E-state index in [0.29, 0.717) is 22.3 Å². The van der Waals surface area contributed by atoms with Gasteiger partial charge in [-0.15, -0.1) is 0 Å². The Kier molecular flexibility index (Phi) is 5.36. The first kappa shape index (κ1) is 23.5. The van der Waals surface area contributed by atoms with Crippen LogP contribution in [0.2, 0.25) is 0 Å². The summed E-state index contributed by atoms with van der Waals surface area (Å²) in [4.78, 5) is 0. The summed E-state index contributed by atoms with van der Waals surface area (Å²) in [6, 6.07) is 50.1. The minimum atomic E-state index is -0.425. The Balaban J connectivity index is 1.19. The molecule has 0 aromatic heterocycles. The molecule has 0 bridgehead atoms. The van der Waals surface area contributed by atoms with Crippen LogP contribution in [0.4, 0.5) is 0 Å². The maximum Gasteiger partial charge on any atom is 0.0629 e. The fourth-order valence-electron chi connectivity index (χ4n) is 8.34. The minimum absolute atomic E-state index is 0.190. The highest BCUT2D eigenvalue weighted by atomic mass is 14.2. The molecule has 0 heterocycles. The monoisotopic (exact) mass is 690 g/mol. The molecular formula is C54H34. The zero-order chi connectivity index (χ0) is 42.6. The number of rotatable bonds is 4. The third-order valence-electron chi connectivity index (χ3n) is 10.9. The Hall–Kier alpha value is -7.02. The lowest BCUT2D eigenvalue weighted by atomic mass is 9.85. The molecule has 0 N–H and O–H groups in total. The van der Waals surface area contributed by atoms with E-state index in [1.807, 2.05) is 66.7 Å². The van der Waals surface area contributed by atoms with E-state index in [1.165, 1.54) is 5.39 Å². The topological polar surface area (TPSA) is 0 Å². The highest BCUT2D eigenvalue weighted by molar-refractivity contribution is 6.26. The zero-order valence-electron chi connectivity index (χ0n) is 37.0. The summed E-state index contributed by atoms with van der Waals surface area (Å²) in [6.07, 6.45) is 0. The van der Waals surface area contributed by atoms with Crippen LogP contribution in [-0.4, -0.2) is 0 Å². The van der Waals surface area contributed by atoms with Crippen molar-refractivity contribution in [2.75, 3.05) is 0 Å². The molecule has 11 aromatic carbocycles. The van der Waals surface area contributed by atoms with Crippen molar-refractivity contribution in [3.8, 4) is 44.5 Å². The quantitative estimate of drug-likeness (QED) is 0.127. The van der Waals surface area contributed by atoms with Crippen molar-refractivity contribution >= 4 is 64.6 Å². The number of benzene rings is 11. The highest BCUT2D eigenvalue weighted by Crippen LogP contribution is 2.45. The van der Waals surface area contributed by atoms with Crippen LogP contribution >= 0.6 is 0 Å². The first-order chi connectivity index (χ1) is 30.1. The third-order valence-corrected chi connectivity index (χ3v) is 10.9. The molecule has 0 amide bonds. The predicted molar refractivity (Wildman–Crippen MR) is 233 cm³/mol. The molecule has 0 nitrogen and oxygen atoms in total. The Labute approximate surface area is 325 Å². The second kappa shape index (κ2) is 12.3. The van der Waals surface area contributed by atoms with Crippen LogP contribution in [0.1, 0.15) is 11.0 Å². The van der Waals surface area contributed by atoms with E-state index in [1.54, 1.807) is 0 Å². The predicted octanol–water partition coefficient (Wildman–Crippen LogP) is 15.3. The standard InChI is InChI=1S/C54H34/c1-2-13-38-32-40(29-26-35(38)12-1)36-24-27-37(28-25-36)53-48-20-7-9-22-50(48)54(51-23-10-8-21-49(51)53)42-15-11-14-39(33-42)41-30-31-47-45-18-4-3-16-43(45)44-17-5-6-19-46(44)52(47)34-41/h1-34H/i7D,8D,9D,10D,20D,21D,22D,23D. The van der Waals surface area contributed by atoms with Gasteiger partial charge in [-0.05, 0) is 127 Å². The zero-order valence-corrected chi connectivity index (χ0v) is 29.0. The van der Waals surface area contributed by atoms with Gasteiger partial charge in [0.25, 0.3) is 0 Å². The summed E-state index contributed by atoms with van der Waals surface area (Å²) in [5.74, 6) is 0. The van der Waals surface area contributed by atoms with Crippen LogP contribution in [0.25, 0.3) is 109 Å². The van der Waals surface area contributed by atoms with E-state index < -0.39 is 24.2 Å². The van der Waals surface area contributed by atoms with Crippen LogP contribution in [-0.2, 0) is 0 Å². The van der Waals surface area contributed by atoms with Crippen molar-refractivity contribution in [1.82, 2.24) is 0 Å². The molecular weight excluding hydrogens is 649 g/mol. The maximum absolute atomic E-state index is 9.45. The summed E-state index contributed by atoms with van der Waals surface area (Å²) in [7, 11) is 0. The molecule has 0 saturated heterocycles. The first-order valence-corrected chi connectivity index (χ1v) is 18.1. The van der Waals surface area contributed by atoms with Crippen LogP contribution in [0.15, 0.2) is 206 Å².